The third-order valence-electron chi connectivity index (χ3n) is 3.06. The van der Waals surface area contributed by atoms with Crippen molar-refractivity contribution in [3.63, 3.8) is 0 Å². The lowest BCUT2D eigenvalue weighted by atomic mass is 10.0. The van der Waals surface area contributed by atoms with Crippen molar-refractivity contribution in [3.05, 3.63) is 35.9 Å². The molecule has 1 aromatic rings. The lowest BCUT2D eigenvalue weighted by Gasteiger charge is -2.21. The van der Waals surface area contributed by atoms with Gasteiger partial charge in [0.2, 0.25) is 11.8 Å². The topological polar surface area (TPSA) is 122 Å². The molecule has 0 bridgehead atoms. The number of aliphatic carboxylic acids is 1. The van der Waals surface area contributed by atoms with Crippen molar-refractivity contribution in [1.82, 2.24) is 10.6 Å². The normalized spacial score (nSPS) is 14.5. The predicted octanol–water partition coefficient (Wildman–Crippen LogP) is -0.350. The summed E-state index contributed by atoms with van der Waals surface area (Å²) in [7, 11) is 0. The van der Waals surface area contributed by atoms with Gasteiger partial charge in [-0.2, -0.15) is 0 Å². The molecule has 0 aliphatic heterocycles. The highest BCUT2D eigenvalue weighted by Crippen LogP contribution is 2.04. The number of carbonyl (C=O) groups excluding carboxylic acids is 2. The third kappa shape index (κ3) is 5.53. The van der Waals surface area contributed by atoms with E-state index in [1.54, 1.807) is 0 Å². The first-order valence-electron chi connectivity index (χ1n) is 6.94. The van der Waals surface area contributed by atoms with Crippen LogP contribution in [-0.2, 0) is 20.8 Å². The van der Waals surface area contributed by atoms with Gasteiger partial charge < -0.3 is 21.5 Å². The third-order valence-corrected chi connectivity index (χ3v) is 3.06. The second kappa shape index (κ2) is 8.14. The second-order valence-corrected chi connectivity index (χ2v) is 5.11. The largest absolute Gasteiger partial charge is 0.480 e. The van der Waals surface area contributed by atoms with Crippen LogP contribution >= 0.6 is 0 Å². The van der Waals surface area contributed by atoms with E-state index in [1.165, 1.54) is 13.8 Å². The van der Waals surface area contributed by atoms with E-state index in [0.717, 1.165) is 5.56 Å². The molecule has 1 rings (SSSR count). The van der Waals surface area contributed by atoms with Crippen LogP contribution in [0.3, 0.4) is 0 Å². The smallest absolute Gasteiger partial charge is 0.325 e. The van der Waals surface area contributed by atoms with E-state index >= 15 is 0 Å². The van der Waals surface area contributed by atoms with E-state index in [2.05, 4.69) is 10.6 Å². The van der Waals surface area contributed by atoms with Crippen LogP contribution in [0.1, 0.15) is 19.4 Å². The van der Waals surface area contributed by atoms with Gasteiger partial charge >= 0.3 is 5.97 Å². The van der Waals surface area contributed by atoms with Gasteiger partial charge in [-0.1, -0.05) is 30.3 Å². The molecule has 3 atom stereocenters. The molecule has 0 aliphatic rings. The number of hydrogen-bond acceptors (Lipinski definition) is 4. The molecule has 120 valence electrons. The van der Waals surface area contributed by atoms with E-state index < -0.39 is 35.9 Å². The van der Waals surface area contributed by atoms with Crippen LogP contribution in [0.25, 0.3) is 0 Å². The molecule has 0 fully saturated rings. The van der Waals surface area contributed by atoms with Crippen LogP contribution in [-0.4, -0.2) is 41.0 Å². The number of carboxylic acids is 1. The Labute approximate surface area is 128 Å². The van der Waals surface area contributed by atoms with Crippen LogP contribution in [0.5, 0.6) is 0 Å². The van der Waals surface area contributed by atoms with Crippen molar-refractivity contribution in [2.75, 3.05) is 0 Å². The maximum Gasteiger partial charge on any atom is 0.325 e. The average Bonchev–Trinajstić information content (AvgIpc) is 2.47. The molecule has 0 radical (unpaired) electrons. The number of amides is 2. The molecular weight excluding hydrogens is 286 g/mol. The van der Waals surface area contributed by atoms with Gasteiger partial charge in [0.1, 0.15) is 12.1 Å². The summed E-state index contributed by atoms with van der Waals surface area (Å²) in [6.07, 6.45) is 0.247. The highest BCUT2D eigenvalue weighted by Gasteiger charge is 2.25. The Hall–Kier alpha value is -2.41. The second-order valence-electron chi connectivity index (χ2n) is 5.11. The zero-order chi connectivity index (χ0) is 16.7. The number of nitrogens with two attached hydrogens (primary N) is 1. The minimum Gasteiger partial charge on any atom is -0.480 e. The monoisotopic (exact) mass is 307 g/mol. The maximum atomic E-state index is 12.2. The molecule has 0 spiro atoms. The van der Waals surface area contributed by atoms with Gasteiger partial charge in [0, 0.05) is 6.42 Å². The van der Waals surface area contributed by atoms with Crippen molar-refractivity contribution in [1.29, 1.82) is 0 Å². The molecule has 0 heterocycles. The van der Waals surface area contributed by atoms with Gasteiger partial charge in [0.05, 0.1) is 6.04 Å². The van der Waals surface area contributed by atoms with Crippen LogP contribution in [0, 0.1) is 0 Å². The predicted molar refractivity (Wildman–Crippen MR) is 81.0 cm³/mol. The zero-order valence-corrected chi connectivity index (χ0v) is 12.6. The summed E-state index contributed by atoms with van der Waals surface area (Å²) in [4.78, 5) is 34.7. The molecule has 0 saturated carbocycles. The number of nitrogens with one attached hydrogen (secondary N) is 2. The lowest BCUT2D eigenvalue weighted by Crippen LogP contribution is -2.54. The minimum absolute atomic E-state index is 0.247. The summed E-state index contributed by atoms with van der Waals surface area (Å²) < 4.78 is 0. The number of carbonyl (C=O) groups is 3. The zero-order valence-electron chi connectivity index (χ0n) is 12.6. The van der Waals surface area contributed by atoms with Gasteiger partial charge in [-0.15, -0.1) is 0 Å². The van der Waals surface area contributed by atoms with Crippen molar-refractivity contribution in [2.45, 2.75) is 38.4 Å². The van der Waals surface area contributed by atoms with E-state index in [9.17, 15) is 14.4 Å². The number of rotatable bonds is 7. The first kappa shape index (κ1) is 17.6. The molecule has 7 heteroatoms. The summed E-state index contributed by atoms with van der Waals surface area (Å²) in [5.74, 6) is -2.18. The average molecular weight is 307 g/mol. The Morgan fingerprint density at radius 3 is 2.18 bits per heavy atom. The fourth-order valence-electron chi connectivity index (χ4n) is 1.74. The minimum atomic E-state index is -1.15. The summed E-state index contributed by atoms with van der Waals surface area (Å²) in [5.41, 5.74) is 6.33. The van der Waals surface area contributed by atoms with Crippen LogP contribution in [0.2, 0.25) is 0 Å². The summed E-state index contributed by atoms with van der Waals surface area (Å²) in [6.45, 7) is 2.86. The molecular formula is C15H21N3O4. The fourth-order valence-corrected chi connectivity index (χ4v) is 1.74. The van der Waals surface area contributed by atoms with E-state index in [4.69, 9.17) is 10.8 Å². The Kier molecular flexibility index (Phi) is 6.52. The molecule has 22 heavy (non-hydrogen) atoms. The Bertz CT molecular complexity index is 531. The van der Waals surface area contributed by atoms with Crippen LogP contribution in [0.4, 0.5) is 0 Å². The van der Waals surface area contributed by atoms with E-state index in [-0.39, 0.29) is 6.42 Å². The summed E-state index contributed by atoms with van der Waals surface area (Å²) in [6, 6.07) is 6.42. The summed E-state index contributed by atoms with van der Waals surface area (Å²) >= 11 is 0. The quantitative estimate of drug-likeness (QED) is 0.548. The summed E-state index contributed by atoms with van der Waals surface area (Å²) in [5, 5.41) is 13.7. The highest BCUT2D eigenvalue weighted by atomic mass is 16.4. The number of carboxylic acid groups (broad SMARTS) is 1. The first-order valence-corrected chi connectivity index (χ1v) is 6.94. The Balaban J connectivity index is 2.83. The van der Waals surface area contributed by atoms with Gasteiger partial charge in [-0.3, -0.25) is 14.4 Å². The molecule has 3 unspecified atom stereocenters. The Morgan fingerprint density at radius 1 is 1.09 bits per heavy atom. The number of benzene rings is 1. The molecule has 1 aromatic carbocycles. The van der Waals surface area contributed by atoms with Crippen molar-refractivity contribution >= 4 is 17.8 Å². The maximum absolute atomic E-state index is 12.2. The molecule has 0 aromatic heterocycles. The fraction of sp³-hybridized carbons (Fsp3) is 0.400. The van der Waals surface area contributed by atoms with Crippen LogP contribution < -0.4 is 16.4 Å². The van der Waals surface area contributed by atoms with Gasteiger partial charge in [0.25, 0.3) is 0 Å². The standard InChI is InChI=1S/C15H21N3O4/c1-9(16)13(19)18-12(8-11-6-4-3-5-7-11)14(20)17-10(2)15(21)22/h3-7,9-10,12H,8,16H2,1-2H3,(H,17,20)(H,18,19)(H,21,22). The van der Waals surface area contributed by atoms with Crippen molar-refractivity contribution in [3.8, 4) is 0 Å². The van der Waals surface area contributed by atoms with E-state index in [0.29, 0.717) is 0 Å². The van der Waals surface area contributed by atoms with E-state index in [1.807, 2.05) is 30.3 Å². The lowest BCUT2D eigenvalue weighted by molar-refractivity contribution is -0.141. The van der Waals surface area contributed by atoms with Gasteiger partial charge in [-0.05, 0) is 19.4 Å². The van der Waals surface area contributed by atoms with Crippen molar-refractivity contribution < 1.29 is 19.5 Å². The molecule has 7 nitrogen and oxygen atoms in total. The van der Waals surface area contributed by atoms with Gasteiger partial charge in [-0.25, -0.2) is 0 Å². The SMILES string of the molecule is CC(N)C(=O)NC(Cc1ccccc1)C(=O)NC(C)C(=O)O. The van der Waals surface area contributed by atoms with Crippen molar-refractivity contribution in [2.24, 2.45) is 5.73 Å². The molecule has 0 aliphatic carbocycles. The van der Waals surface area contributed by atoms with Crippen LogP contribution in [0.15, 0.2) is 30.3 Å². The molecule has 0 saturated heterocycles. The first-order chi connectivity index (χ1) is 10.3. The van der Waals surface area contributed by atoms with Gasteiger partial charge in [0.15, 0.2) is 0 Å². The number of hydrogen-bond donors (Lipinski definition) is 4. The molecule has 5 N–H and O–H groups in total. The highest BCUT2D eigenvalue weighted by molar-refractivity contribution is 5.91. The Morgan fingerprint density at radius 2 is 1.68 bits per heavy atom. The molecule has 2 amide bonds.